The molecule has 1 saturated carbocycles. The largest absolute Gasteiger partial charge is 0.490 e. The van der Waals surface area contributed by atoms with E-state index in [1.54, 1.807) is 6.07 Å². The number of ether oxygens (including phenoxy) is 1. The van der Waals surface area contributed by atoms with Gasteiger partial charge < -0.3 is 15.8 Å². The molecular formula is C16H25FN2O. The summed E-state index contributed by atoms with van der Waals surface area (Å²) in [6.45, 7) is 7.88. The summed E-state index contributed by atoms with van der Waals surface area (Å²) in [5, 5.41) is 3.37. The van der Waals surface area contributed by atoms with Crippen molar-refractivity contribution in [2.75, 3.05) is 24.2 Å². The molecule has 1 aliphatic carbocycles. The molecule has 0 aliphatic heterocycles. The molecule has 112 valence electrons. The maximum atomic E-state index is 13.7. The molecule has 20 heavy (non-hydrogen) atoms. The Morgan fingerprint density at radius 1 is 1.40 bits per heavy atom. The fourth-order valence-corrected chi connectivity index (χ4v) is 2.43. The van der Waals surface area contributed by atoms with Crippen LogP contribution in [-0.2, 0) is 0 Å². The summed E-state index contributed by atoms with van der Waals surface area (Å²) in [6, 6.07) is 3.01. The summed E-state index contributed by atoms with van der Waals surface area (Å²) in [5.41, 5.74) is 7.47. The van der Waals surface area contributed by atoms with E-state index in [-0.39, 0.29) is 5.75 Å². The molecule has 0 spiro atoms. The van der Waals surface area contributed by atoms with Crippen molar-refractivity contribution in [3.8, 4) is 5.75 Å². The molecule has 1 fully saturated rings. The number of nitrogens with two attached hydrogens (primary N) is 1. The lowest BCUT2D eigenvalue weighted by atomic mass is 9.92. The van der Waals surface area contributed by atoms with Gasteiger partial charge in [0.1, 0.15) is 0 Å². The van der Waals surface area contributed by atoms with Gasteiger partial charge in [0.15, 0.2) is 11.6 Å². The average molecular weight is 280 g/mol. The molecule has 0 heterocycles. The molecule has 1 aliphatic rings. The highest BCUT2D eigenvalue weighted by Gasteiger charge is 2.44. The standard InChI is InChI=1S/C16H25FN2O/c1-4-7-20-15-9-14(13(18)8-12(15)17)19-10-16(5-6-16)11(2)3/h8-9,11,19H,4-7,10,18H2,1-3H3. The topological polar surface area (TPSA) is 47.3 Å². The molecule has 3 N–H and O–H groups in total. The number of rotatable bonds is 7. The zero-order valence-corrected chi connectivity index (χ0v) is 12.6. The second-order valence-electron chi connectivity index (χ2n) is 6.09. The third-order valence-electron chi connectivity index (χ3n) is 4.31. The van der Waals surface area contributed by atoms with E-state index in [1.807, 2.05) is 6.92 Å². The zero-order valence-electron chi connectivity index (χ0n) is 12.6. The van der Waals surface area contributed by atoms with E-state index in [4.69, 9.17) is 10.5 Å². The van der Waals surface area contributed by atoms with Gasteiger partial charge in [-0.15, -0.1) is 0 Å². The van der Waals surface area contributed by atoms with E-state index in [0.29, 0.717) is 23.6 Å². The summed E-state index contributed by atoms with van der Waals surface area (Å²) in [4.78, 5) is 0. The smallest absolute Gasteiger partial charge is 0.167 e. The molecule has 1 aromatic carbocycles. The van der Waals surface area contributed by atoms with Gasteiger partial charge in [-0.1, -0.05) is 20.8 Å². The molecule has 4 heteroatoms. The number of halogens is 1. The SMILES string of the molecule is CCCOc1cc(NCC2(C(C)C)CC2)c(N)cc1F. The number of hydrogen-bond donors (Lipinski definition) is 2. The normalized spacial score (nSPS) is 16.2. The van der Waals surface area contributed by atoms with Crippen molar-refractivity contribution >= 4 is 11.4 Å². The predicted molar refractivity (Wildman–Crippen MR) is 81.6 cm³/mol. The van der Waals surface area contributed by atoms with E-state index in [2.05, 4.69) is 19.2 Å². The van der Waals surface area contributed by atoms with Gasteiger partial charge in [0.2, 0.25) is 0 Å². The number of benzene rings is 1. The number of nitrogens with one attached hydrogen (secondary N) is 1. The van der Waals surface area contributed by atoms with Gasteiger partial charge in [0, 0.05) is 18.7 Å². The first kappa shape index (κ1) is 14.9. The van der Waals surface area contributed by atoms with Crippen LogP contribution in [0.5, 0.6) is 5.75 Å². The van der Waals surface area contributed by atoms with Crippen molar-refractivity contribution in [3.63, 3.8) is 0 Å². The van der Waals surface area contributed by atoms with E-state index >= 15 is 0 Å². The van der Waals surface area contributed by atoms with Gasteiger partial charge >= 0.3 is 0 Å². The second kappa shape index (κ2) is 5.90. The monoisotopic (exact) mass is 280 g/mol. The molecule has 0 amide bonds. The molecule has 0 aromatic heterocycles. The van der Waals surface area contributed by atoms with Crippen LogP contribution in [0.15, 0.2) is 12.1 Å². The number of hydrogen-bond acceptors (Lipinski definition) is 3. The first-order valence-electron chi connectivity index (χ1n) is 7.44. The van der Waals surface area contributed by atoms with Crippen molar-refractivity contribution in [2.45, 2.75) is 40.0 Å². The molecule has 0 saturated heterocycles. The first-order chi connectivity index (χ1) is 9.48. The molecule has 0 unspecified atom stereocenters. The van der Waals surface area contributed by atoms with Crippen LogP contribution < -0.4 is 15.8 Å². The van der Waals surface area contributed by atoms with E-state index < -0.39 is 5.82 Å². The molecule has 0 radical (unpaired) electrons. The minimum absolute atomic E-state index is 0.276. The van der Waals surface area contributed by atoms with Crippen LogP contribution in [0.1, 0.15) is 40.0 Å². The number of anilines is 2. The van der Waals surface area contributed by atoms with Crippen molar-refractivity contribution in [1.82, 2.24) is 0 Å². The fraction of sp³-hybridized carbons (Fsp3) is 0.625. The summed E-state index contributed by atoms with van der Waals surface area (Å²) in [7, 11) is 0. The first-order valence-corrected chi connectivity index (χ1v) is 7.44. The lowest BCUT2D eigenvalue weighted by molar-refractivity contribution is 0.301. The Morgan fingerprint density at radius 3 is 2.65 bits per heavy atom. The zero-order chi connectivity index (χ0) is 14.8. The minimum atomic E-state index is -0.397. The Bertz CT molecular complexity index is 470. The third-order valence-corrected chi connectivity index (χ3v) is 4.31. The Hall–Kier alpha value is -1.45. The van der Waals surface area contributed by atoms with Gasteiger partial charge in [-0.05, 0) is 30.6 Å². The van der Waals surface area contributed by atoms with Crippen LogP contribution in [-0.4, -0.2) is 13.2 Å². The highest BCUT2D eigenvalue weighted by molar-refractivity contribution is 5.68. The maximum absolute atomic E-state index is 13.7. The van der Waals surface area contributed by atoms with Crippen LogP contribution in [0.2, 0.25) is 0 Å². The minimum Gasteiger partial charge on any atom is -0.490 e. The highest BCUT2D eigenvalue weighted by atomic mass is 19.1. The van der Waals surface area contributed by atoms with Crippen LogP contribution in [0.3, 0.4) is 0 Å². The van der Waals surface area contributed by atoms with Crippen molar-refractivity contribution in [1.29, 1.82) is 0 Å². The third kappa shape index (κ3) is 3.17. The predicted octanol–water partition coefficient (Wildman–Crippen LogP) is 4.04. The van der Waals surface area contributed by atoms with Gasteiger partial charge in [-0.25, -0.2) is 4.39 Å². The maximum Gasteiger partial charge on any atom is 0.167 e. The average Bonchev–Trinajstić information content (AvgIpc) is 3.18. The summed E-state index contributed by atoms with van der Waals surface area (Å²) in [5.74, 6) is 0.525. The Kier molecular flexibility index (Phi) is 4.41. The van der Waals surface area contributed by atoms with Gasteiger partial charge in [-0.3, -0.25) is 0 Å². The molecule has 2 rings (SSSR count). The number of nitrogen functional groups attached to an aromatic ring is 1. The van der Waals surface area contributed by atoms with Crippen LogP contribution in [0.4, 0.5) is 15.8 Å². The van der Waals surface area contributed by atoms with Crippen LogP contribution >= 0.6 is 0 Å². The van der Waals surface area contributed by atoms with Crippen LogP contribution in [0, 0.1) is 17.2 Å². The molecule has 1 aromatic rings. The van der Waals surface area contributed by atoms with E-state index in [0.717, 1.165) is 18.7 Å². The molecule has 3 nitrogen and oxygen atoms in total. The molecular weight excluding hydrogens is 255 g/mol. The summed E-state index contributed by atoms with van der Waals surface area (Å²) in [6.07, 6.45) is 3.35. The lowest BCUT2D eigenvalue weighted by Gasteiger charge is -2.22. The Labute approximate surface area is 120 Å². The van der Waals surface area contributed by atoms with Gasteiger partial charge in [0.05, 0.1) is 18.0 Å². The van der Waals surface area contributed by atoms with Crippen molar-refractivity contribution in [3.05, 3.63) is 17.9 Å². The quantitative estimate of drug-likeness (QED) is 0.741. The lowest BCUT2D eigenvalue weighted by Crippen LogP contribution is -2.21. The molecule has 0 atom stereocenters. The summed E-state index contributed by atoms with van der Waals surface area (Å²) >= 11 is 0. The van der Waals surface area contributed by atoms with Crippen molar-refractivity contribution in [2.24, 2.45) is 11.3 Å². The second-order valence-corrected chi connectivity index (χ2v) is 6.09. The van der Waals surface area contributed by atoms with E-state index in [9.17, 15) is 4.39 Å². The fourth-order valence-electron chi connectivity index (χ4n) is 2.43. The van der Waals surface area contributed by atoms with Gasteiger partial charge in [-0.2, -0.15) is 0 Å². The van der Waals surface area contributed by atoms with Crippen molar-refractivity contribution < 1.29 is 9.13 Å². The van der Waals surface area contributed by atoms with E-state index in [1.165, 1.54) is 18.9 Å². The Morgan fingerprint density at radius 2 is 2.10 bits per heavy atom. The highest BCUT2D eigenvalue weighted by Crippen LogP contribution is 2.51. The van der Waals surface area contributed by atoms with Crippen LogP contribution in [0.25, 0.3) is 0 Å². The Balaban J connectivity index is 2.07. The van der Waals surface area contributed by atoms with Gasteiger partial charge in [0.25, 0.3) is 0 Å². The summed E-state index contributed by atoms with van der Waals surface area (Å²) < 4.78 is 19.1. The molecule has 0 bridgehead atoms.